The smallest absolute Gasteiger partial charge is 0.255 e. The van der Waals surface area contributed by atoms with Crippen LogP contribution in [0.1, 0.15) is 15.9 Å². The monoisotopic (exact) mass is 445 g/mol. The van der Waals surface area contributed by atoms with Crippen LogP contribution in [0.15, 0.2) is 71.2 Å². The highest BCUT2D eigenvalue weighted by molar-refractivity contribution is 9.10. The van der Waals surface area contributed by atoms with Gasteiger partial charge in [-0.25, -0.2) is 0 Å². The Balaban J connectivity index is 1.72. The highest BCUT2D eigenvalue weighted by Gasteiger charge is 2.12. The lowest BCUT2D eigenvalue weighted by atomic mass is 10.1. The number of methoxy groups -OCH3 is 1. The summed E-state index contributed by atoms with van der Waals surface area (Å²) in [5.74, 6) is 0.818. The van der Waals surface area contributed by atoms with Crippen LogP contribution in [0.3, 0.4) is 0 Å². The van der Waals surface area contributed by atoms with Crippen molar-refractivity contribution >= 4 is 39.1 Å². The Kier molecular flexibility index (Phi) is 6.37. The summed E-state index contributed by atoms with van der Waals surface area (Å²) in [6, 6.07) is 19.9. The average molecular weight is 447 g/mol. The summed E-state index contributed by atoms with van der Waals surface area (Å²) in [5, 5.41) is 3.54. The standard InChI is InChI=1S/C21H17BrClNO3/c1-26-20-12-15(21(25)24-18-5-3-2-4-17(18)22)8-11-19(20)27-13-14-6-9-16(23)10-7-14/h2-12H,13H2,1H3,(H,24,25). The van der Waals surface area contributed by atoms with E-state index < -0.39 is 0 Å². The van der Waals surface area contributed by atoms with E-state index in [9.17, 15) is 4.79 Å². The van der Waals surface area contributed by atoms with Crippen molar-refractivity contribution in [2.24, 2.45) is 0 Å². The molecule has 3 rings (SSSR count). The number of halogens is 2. The van der Waals surface area contributed by atoms with Crippen molar-refractivity contribution in [3.63, 3.8) is 0 Å². The van der Waals surface area contributed by atoms with E-state index in [0.29, 0.717) is 34.4 Å². The van der Waals surface area contributed by atoms with Gasteiger partial charge in [0.1, 0.15) is 6.61 Å². The van der Waals surface area contributed by atoms with Gasteiger partial charge in [0.2, 0.25) is 0 Å². The number of anilines is 1. The molecule has 0 radical (unpaired) electrons. The summed E-state index contributed by atoms with van der Waals surface area (Å²) in [6.45, 7) is 0.371. The maximum Gasteiger partial charge on any atom is 0.255 e. The molecule has 0 unspecified atom stereocenters. The second-order valence-corrected chi connectivity index (χ2v) is 7.01. The third-order valence-corrected chi connectivity index (χ3v) is 4.80. The molecular weight excluding hydrogens is 430 g/mol. The number of hydrogen-bond acceptors (Lipinski definition) is 3. The van der Waals surface area contributed by atoms with Gasteiger partial charge in [0.05, 0.1) is 12.8 Å². The number of rotatable bonds is 6. The minimum absolute atomic E-state index is 0.232. The van der Waals surface area contributed by atoms with Gasteiger partial charge in [0, 0.05) is 15.1 Å². The summed E-state index contributed by atoms with van der Waals surface area (Å²) in [7, 11) is 1.54. The Morgan fingerprint density at radius 1 is 1.04 bits per heavy atom. The number of amides is 1. The van der Waals surface area contributed by atoms with Crippen LogP contribution < -0.4 is 14.8 Å². The fourth-order valence-corrected chi connectivity index (χ4v) is 2.94. The molecule has 0 aliphatic heterocycles. The molecule has 3 aromatic rings. The number of hydrogen-bond donors (Lipinski definition) is 1. The van der Waals surface area contributed by atoms with E-state index in [1.165, 1.54) is 0 Å². The van der Waals surface area contributed by atoms with Gasteiger partial charge in [-0.3, -0.25) is 4.79 Å². The van der Waals surface area contributed by atoms with E-state index >= 15 is 0 Å². The number of carbonyl (C=O) groups is 1. The Morgan fingerprint density at radius 2 is 1.78 bits per heavy atom. The summed E-state index contributed by atoms with van der Waals surface area (Å²) in [4.78, 5) is 12.5. The van der Waals surface area contributed by atoms with Crippen LogP contribution in [0, 0.1) is 0 Å². The molecule has 6 heteroatoms. The van der Waals surface area contributed by atoms with Crippen molar-refractivity contribution in [3.8, 4) is 11.5 Å². The van der Waals surface area contributed by atoms with Gasteiger partial charge in [-0.2, -0.15) is 0 Å². The first-order valence-electron chi connectivity index (χ1n) is 8.18. The summed E-state index contributed by atoms with van der Waals surface area (Å²) in [5.41, 5.74) is 2.16. The van der Waals surface area contributed by atoms with Crippen LogP contribution in [0.25, 0.3) is 0 Å². The first kappa shape index (κ1) is 19.3. The highest BCUT2D eigenvalue weighted by atomic mass is 79.9. The molecule has 27 heavy (non-hydrogen) atoms. The Labute approximate surface area is 171 Å². The third kappa shape index (κ3) is 5.02. The van der Waals surface area contributed by atoms with Crippen molar-refractivity contribution in [2.75, 3.05) is 12.4 Å². The average Bonchev–Trinajstić information content (AvgIpc) is 2.69. The van der Waals surface area contributed by atoms with Gasteiger partial charge in [-0.1, -0.05) is 35.9 Å². The molecule has 0 aromatic heterocycles. The molecule has 1 N–H and O–H groups in total. The van der Waals surface area contributed by atoms with Crippen molar-refractivity contribution in [3.05, 3.63) is 87.4 Å². The van der Waals surface area contributed by atoms with Crippen LogP contribution in [-0.2, 0) is 6.61 Å². The molecule has 0 heterocycles. The highest BCUT2D eigenvalue weighted by Crippen LogP contribution is 2.30. The molecule has 0 fully saturated rings. The van der Waals surface area contributed by atoms with Crippen LogP contribution in [-0.4, -0.2) is 13.0 Å². The van der Waals surface area contributed by atoms with E-state index in [4.69, 9.17) is 21.1 Å². The SMILES string of the molecule is COc1cc(C(=O)Nc2ccccc2Br)ccc1OCc1ccc(Cl)cc1. The minimum atomic E-state index is -0.232. The molecule has 138 valence electrons. The van der Waals surface area contributed by atoms with Crippen LogP contribution in [0.4, 0.5) is 5.69 Å². The Bertz CT molecular complexity index is 944. The van der Waals surface area contributed by atoms with Gasteiger partial charge in [0.15, 0.2) is 11.5 Å². The molecule has 0 bridgehead atoms. The predicted octanol–water partition coefficient (Wildman–Crippen LogP) is 5.94. The van der Waals surface area contributed by atoms with Crippen molar-refractivity contribution in [1.29, 1.82) is 0 Å². The molecule has 1 amide bonds. The summed E-state index contributed by atoms with van der Waals surface area (Å²) in [6.07, 6.45) is 0. The second kappa shape index (κ2) is 8.93. The van der Waals surface area contributed by atoms with E-state index in [1.54, 1.807) is 25.3 Å². The molecule has 0 atom stereocenters. The Hall–Kier alpha value is -2.50. The fourth-order valence-electron chi connectivity index (χ4n) is 2.43. The minimum Gasteiger partial charge on any atom is -0.493 e. The number of para-hydroxylation sites is 1. The molecule has 3 aromatic carbocycles. The molecule has 0 aliphatic rings. The zero-order valence-electron chi connectivity index (χ0n) is 14.5. The van der Waals surface area contributed by atoms with E-state index in [2.05, 4.69) is 21.2 Å². The number of carbonyl (C=O) groups excluding carboxylic acids is 1. The van der Waals surface area contributed by atoms with Gasteiger partial charge < -0.3 is 14.8 Å². The summed E-state index contributed by atoms with van der Waals surface area (Å²) >= 11 is 9.31. The number of benzene rings is 3. The quantitative estimate of drug-likeness (QED) is 0.509. The van der Waals surface area contributed by atoms with Gasteiger partial charge in [0.25, 0.3) is 5.91 Å². The van der Waals surface area contributed by atoms with Crippen LogP contribution in [0.5, 0.6) is 11.5 Å². The second-order valence-electron chi connectivity index (χ2n) is 5.71. The normalized spacial score (nSPS) is 10.3. The lowest BCUT2D eigenvalue weighted by molar-refractivity contribution is 0.102. The number of ether oxygens (including phenoxy) is 2. The summed E-state index contributed by atoms with van der Waals surface area (Å²) < 4.78 is 12.0. The first-order valence-corrected chi connectivity index (χ1v) is 9.35. The van der Waals surface area contributed by atoms with Gasteiger partial charge in [-0.15, -0.1) is 0 Å². The molecule has 0 aliphatic carbocycles. The molecule has 0 saturated carbocycles. The topological polar surface area (TPSA) is 47.6 Å². The molecular formula is C21H17BrClNO3. The number of nitrogens with one attached hydrogen (secondary N) is 1. The first-order chi connectivity index (χ1) is 13.1. The van der Waals surface area contributed by atoms with Crippen molar-refractivity contribution < 1.29 is 14.3 Å². The zero-order chi connectivity index (χ0) is 19.2. The van der Waals surface area contributed by atoms with E-state index in [-0.39, 0.29) is 5.91 Å². The largest absolute Gasteiger partial charge is 0.493 e. The Morgan fingerprint density at radius 3 is 2.48 bits per heavy atom. The van der Waals surface area contributed by atoms with Gasteiger partial charge in [-0.05, 0) is 64.0 Å². The maximum atomic E-state index is 12.5. The lowest BCUT2D eigenvalue weighted by Gasteiger charge is -2.13. The molecule has 4 nitrogen and oxygen atoms in total. The fraction of sp³-hybridized carbons (Fsp3) is 0.0952. The zero-order valence-corrected chi connectivity index (χ0v) is 16.9. The van der Waals surface area contributed by atoms with E-state index in [0.717, 1.165) is 10.0 Å². The van der Waals surface area contributed by atoms with Crippen molar-refractivity contribution in [1.82, 2.24) is 0 Å². The van der Waals surface area contributed by atoms with Gasteiger partial charge >= 0.3 is 0 Å². The van der Waals surface area contributed by atoms with Crippen LogP contribution >= 0.6 is 27.5 Å². The lowest BCUT2D eigenvalue weighted by Crippen LogP contribution is -2.12. The third-order valence-electron chi connectivity index (χ3n) is 3.86. The maximum absolute atomic E-state index is 12.5. The molecule has 0 saturated heterocycles. The van der Waals surface area contributed by atoms with Crippen LogP contribution in [0.2, 0.25) is 5.02 Å². The molecule has 0 spiro atoms. The predicted molar refractivity (Wildman–Crippen MR) is 111 cm³/mol. The van der Waals surface area contributed by atoms with Crippen molar-refractivity contribution in [2.45, 2.75) is 6.61 Å². The van der Waals surface area contributed by atoms with E-state index in [1.807, 2.05) is 48.5 Å².